The minimum atomic E-state index is -2.31. The Balaban J connectivity index is 2.37. The molecular weight excluding hydrogens is 337 g/mol. The van der Waals surface area contributed by atoms with Crippen LogP contribution in [0.3, 0.4) is 0 Å². The van der Waals surface area contributed by atoms with Crippen LogP contribution in [0.5, 0.6) is 0 Å². The Morgan fingerprint density at radius 3 is 2.62 bits per heavy atom. The van der Waals surface area contributed by atoms with Crippen molar-refractivity contribution in [1.82, 2.24) is 0 Å². The number of benzene rings is 1. The highest BCUT2D eigenvalue weighted by Crippen LogP contribution is 2.43. The fourth-order valence-electron chi connectivity index (χ4n) is 2.52. The van der Waals surface area contributed by atoms with Crippen LogP contribution in [-0.4, -0.2) is 53.2 Å². The van der Waals surface area contributed by atoms with Crippen LogP contribution in [0.4, 0.5) is 4.39 Å². The molecule has 2 rings (SSSR count). The molecule has 0 aromatic heterocycles. The number of hydrogen-bond donors (Lipinski definition) is 2. The van der Waals surface area contributed by atoms with E-state index in [9.17, 15) is 24.7 Å². The van der Waals surface area contributed by atoms with E-state index in [0.29, 0.717) is 4.90 Å². The summed E-state index contributed by atoms with van der Waals surface area (Å²) in [5, 5.41) is 30.4. The summed E-state index contributed by atoms with van der Waals surface area (Å²) in [7, 11) is 0. The third-order valence-electron chi connectivity index (χ3n) is 3.80. The second kappa shape index (κ2) is 7.94. The van der Waals surface area contributed by atoms with E-state index >= 15 is 0 Å². The highest BCUT2D eigenvalue weighted by molar-refractivity contribution is 7.99. The van der Waals surface area contributed by atoms with Crippen LogP contribution in [0.2, 0.25) is 0 Å². The molecule has 1 aromatic rings. The van der Waals surface area contributed by atoms with Gasteiger partial charge in [0.25, 0.3) is 0 Å². The highest BCUT2D eigenvalue weighted by atomic mass is 32.2. The Labute approximate surface area is 143 Å². The predicted octanol–water partition coefficient (Wildman–Crippen LogP) is 1.27. The minimum absolute atomic E-state index is 0.0423. The summed E-state index contributed by atoms with van der Waals surface area (Å²) in [6.45, 7) is 0.381. The second-order valence-electron chi connectivity index (χ2n) is 5.22. The molecule has 0 radical (unpaired) electrons. The van der Waals surface area contributed by atoms with Gasteiger partial charge in [-0.1, -0.05) is 30.0 Å². The van der Waals surface area contributed by atoms with Crippen molar-refractivity contribution in [2.24, 2.45) is 5.41 Å². The Bertz CT molecular complexity index is 610. The van der Waals surface area contributed by atoms with Crippen LogP contribution in [0.25, 0.3) is 0 Å². The summed E-state index contributed by atoms with van der Waals surface area (Å²) in [6.07, 6.45) is -4.95. The van der Waals surface area contributed by atoms with Gasteiger partial charge in [-0.05, 0) is 19.1 Å². The monoisotopic (exact) mass is 355 g/mol. The molecule has 8 heteroatoms. The second-order valence-corrected chi connectivity index (χ2v) is 6.39. The summed E-state index contributed by atoms with van der Waals surface area (Å²) in [5.41, 5.74) is -3.42. The van der Waals surface area contributed by atoms with Crippen molar-refractivity contribution >= 4 is 17.7 Å². The van der Waals surface area contributed by atoms with Crippen molar-refractivity contribution in [2.75, 3.05) is 13.3 Å². The number of halogens is 1. The quantitative estimate of drug-likeness (QED) is 0.767. The zero-order valence-corrected chi connectivity index (χ0v) is 13.8. The standard InChI is InChI=1S/C16H18FNO5S/c1-2-22-15(21)16(9-18)12(19)11(8-17)23-14(13(16)20)24-10-6-4-3-5-7-10/h3-7,11-14,19-20H,2,8H2,1H3/t11-,12-,13+,14-,16+/m1/s1. The lowest BCUT2D eigenvalue weighted by atomic mass is 9.74. The van der Waals surface area contributed by atoms with Gasteiger partial charge in [-0.15, -0.1) is 0 Å². The number of carbonyl (C=O) groups is 1. The average molecular weight is 355 g/mol. The highest BCUT2D eigenvalue weighted by Gasteiger charge is 2.62. The maximum absolute atomic E-state index is 13.3. The Kier molecular flexibility index (Phi) is 6.18. The number of nitrogens with zero attached hydrogens (tertiary/aromatic N) is 1. The first-order chi connectivity index (χ1) is 11.5. The van der Waals surface area contributed by atoms with Gasteiger partial charge in [-0.2, -0.15) is 5.26 Å². The van der Waals surface area contributed by atoms with E-state index in [1.807, 2.05) is 0 Å². The lowest BCUT2D eigenvalue weighted by Crippen LogP contribution is -2.64. The molecule has 1 heterocycles. The van der Waals surface area contributed by atoms with Gasteiger partial charge in [0.15, 0.2) is 0 Å². The number of nitriles is 1. The van der Waals surface area contributed by atoms with E-state index in [-0.39, 0.29) is 6.61 Å². The van der Waals surface area contributed by atoms with Crippen LogP contribution in [0.1, 0.15) is 6.92 Å². The zero-order chi connectivity index (χ0) is 17.7. The largest absolute Gasteiger partial charge is 0.465 e. The predicted molar refractivity (Wildman–Crippen MR) is 83.6 cm³/mol. The summed E-state index contributed by atoms with van der Waals surface area (Å²) < 4.78 is 23.5. The first kappa shape index (κ1) is 18.7. The van der Waals surface area contributed by atoms with Crippen molar-refractivity contribution in [2.45, 2.75) is 35.6 Å². The molecule has 1 fully saturated rings. The summed E-state index contributed by atoms with van der Waals surface area (Å²) in [6, 6.07) is 10.5. The fraction of sp³-hybridized carbons (Fsp3) is 0.500. The zero-order valence-electron chi connectivity index (χ0n) is 13.0. The summed E-state index contributed by atoms with van der Waals surface area (Å²) in [4.78, 5) is 13.0. The lowest BCUT2D eigenvalue weighted by Gasteiger charge is -2.44. The van der Waals surface area contributed by atoms with Gasteiger partial charge in [0.1, 0.15) is 30.4 Å². The van der Waals surface area contributed by atoms with Crippen molar-refractivity contribution < 1.29 is 28.9 Å². The molecule has 0 saturated carbocycles. The van der Waals surface area contributed by atoms with Gasteiger partial charge in [0, 0.05) is 4.90 Å². The molecule has 6 nitrogen and oxygen atoms in total. The van der Waals surface area contributed by atoms with Crippen molar-refractivity contribution in [3.63, 3.8) is 0 Å². The van der Waals surface area contributed by atoms with E-state index in [4.69, 9.17) is 9.47 Å². The molecule has 130 valence electrons. The van der Waals surface area contributed by atoms with Crippen LogP contribution in [-0.2, 0) is 14.3 Å². The van der Waals surface area contributed by atoms with E-state index in [1.54, 1.807) is 36.4 Å². The Hall–Kier alpha value is -1.66. The molecule has 0 aliphatic carbocycles. The van der Waals surface area contributed by atoms with Gasteiger partial charge in [0.2, 0.25) is 5.41 Å². The van der Waals surface area contributed by atoms with E-state index in [0.717, 1.165) is 11.8 Å². The Morgan fingerprint density at radius 1 is 1.42 bits per heavy atom. The number of aliphatic hydroxyl groups is 2. The number of hydrogen-bond acceptors (Lipinski definition) is 7. The molecule has 0 bridgehead atoms. The average Bonchev–Trinajstić information content (AvgIpc) is 2.59. The van der Waals surface area contributed by atoms with Crippen molar-refractivity contribution in [3.05, 3.63) is 30.3 Å². The third-order valence-corrected chi connectivity index (χ3v) is 4.94. The number of thioether (sulfide) groups is 1. The molecular formula is C16H18FNO5S. The van der Waals surface area contributed by atoms with Gasteiger partial charge in [-0.25, -0.2) is 4.39 Å². The third kappa shape index (κ3) is 3.26. The summed E-state index contributed by atoms with van der Waals surface area (Å²) in [5.74, 6) is -1.09. The first-order valence-electron chi connectivity index (χ1n) is 7.39. The van der Waals surface area contributed by atoms with Gasteiger partial charge in [-0.3, -0.25) is 4.79 Å². The number of aliphatic hydroxyl groups excluding tert-OH is 2. The molecule has 0 unspecified atom stereocenters. The number of carbonyl (C=O) groups excluding carboxylic acids is 1. The molecule has 2 N–H and O–H groups in total. The summed E-state index contributed by atoms with van der Waals surface area (Å²) >= 11 is 1.04. The normalized spacial score (nSPS) is 32.8. The van der Waals surface area contributed by atoms with E-state index < -0.39 is 41.8 Å². The molecule has 1 aromatic carbocycles. The number of alkyl halides is 1. The van der Waals surface area contributed by atoms with E-state index in [1.165, 1.54) is 6.92 Å². The molecule has 1 aliphatic heterocycles. The SMILES string of the molecule is CCOC(=O)[C@@]1(C#N)[C@H](O)[C@@H](CF)O[C@H](Sc2ccccc2)[C@@H]1O. The maximum Gasteiger partial charge on any atom is 0.332 e. The van der Waals surface area contributed by atoms with Crippen molar-refractivity contribution in [3.8, 4) is 6.07 Å². The minimum Gasteiger partial charge on any atom is -0.465 e. The topological polar surface area (TPSA) is 99.8 Å². The van der Waals surface area contributed by atoms with Gasteiger partial charge in [0.05, 0.1) is 12.7 Å². The molecule has 0 amide bonds. The molecule has 0 spiro atoms. The maximum atomic E-state index is 13.3. The molecule has 1 saturated heterocycles. The van der Waals surface area contributed by atoms with Crippen molar-refractivity contribution in [1.29, 1.82) is 5.26 Å². The van der Waals surface area contributed by atoms with Crippen LogP contribution >= 0.6 is 11.8 Å². The van der Waals surface area contributed by atoms with Crippen LogP contribution in [0.15, 0.2) is 35.2 Å². The fourth-order valence-corrected chi connectivity index (χ4v) is 3.64. The Morgan fingerprint density at radius 2 is 2.08 bits per heavy atom. The molecule has 1 aliphatic rings. The first-order valence-corrected chi connectivity index (χ1v) is 8.27. The smallest absolute Gasteiger partial charge is 0.332 e. The van der Waals surface area contributed by atoms with Crippen LogP contribution < -0.4 is 0 Å². The van der Waals surface area contributed by atoms with Crippen LogP contribution in [0, 0.1) is 16.7 Å². The molecule has 5 atom stereocenters. The number of ether oxygens (including phenoxy) is 2. The van der Waals surface area contributed by atoms with Gasteiger partial charge >= 0.3 is 5.97 Å². The number of esters is 1. The van der Waals surface area contributed by atoms with Gasteiger partial charge < -0.3 is 19.7 Å². The number of rotatable bonds is 5. The lowest BCUT2D eigenvalue weighted by molar-refractivity contribution is -0.215. The van der Waals surface area contributed by atoms with E-state index in [2.05, 4.69) is 0 Å². The molecule has 24 heavy (non-hydrogen) atoms.